The number of anilines is 1. The van der Waals surface area contributed by atoms with Crippen LogP contribution in [0, 0.1) is 5.41 Å². The summed E-state index contributed by atoms with van der Waals surface area (Å²) in [5.41, 5.74) is 6.62. The molecule has 3 N–H and O–H groups in total. The SMILES string of the molecule is CC(C)c1csc(NC(=O)[C@@H](N)C(C)(C)C)n1.Cl. The van der Waals surface area contributed by atoms with Crippen LogP contribution in [-0.4, -0.2) is 16.9 Å². The molecule has 1 aromatic heterocycles. The minimum atomic E-state index is -0.533. The highest BCUT2D eigenvalue weighted by Crippen LogP contribution is 2.23. The van der Waals surface area contributed by atoms with Crippen molar-refractivity contribution in [3.05, 3.63) is 11.1 Å². The Balaban J connectivity index is 0.00000289. The number of halogens is 1. The maximum absolute atomic E-state index is 11.9. The third kappa shape index (κ3) is 4.55. The number of aromatic nitrogens is 1. The number of carbonyl (C=O) groups is 1. The summed E-state index contributed by atoms with van der Waals surface area (Å²) in [7, 11) is 0. The Bertz CT molecular complexity index is 398. The first-order chi connectivity index (χ1) is 7.71. The largest absolute Gasteiger partial charge is 0.319 e. The molecule has 0 aliphatic rings. The third-order valence-corrected chi connectivity index (χ3v) is 3.34. The molecule has 0 aromatic carbocycles. The molecule has 6 heteroatoms. The molecule has 0 spiro atoms. The summed E-state index contributed by atoms with van der Waals surface area (Å²) in [6, 6.07) is -0.533. The zero-order valence-electron chi connectivity index (χ0n) is 11.5. The van der Waals surface area contributed by atoms with E-state index in [1.165, 1.54) is 11.3 Å². The van der Waals surface area contributed by atoms with E-state index < -0.39 is 6.04 Å². The van der Waals surface area contributed by atoms with Crippen molar-refractivity contribution >= 4 is 34.8 Å². The quantitative estimate of drug-likeness (QED) is 0.899. The van der Waals surface area contributed by atoms with Crippen molar-refractivity contribution in [2.75, 3.05) is 5.32 Å². The van der Waals surface area contributed by atoms with E-state index in [1.807, 2.05) is 26.2 Å². The summed E-state index contributed by atoms with van der Waals surface area (Å²) >= 11 is 1.44. The number of hydrogen-bond donors (Lipinski definition) is 2. The zero-order valence-corrected chi connectivity index (χ0v) is 13.1. The topological polar surface area (TPSA) is 68.0 Å². The average molecular weight is 292 g/mol. The van der Waals surface area contributed by atoms with Gasteiger partial charge in [0, 0.05) is 5.38 Å². The average Bonchev–Trinajstić information content (AvgIpc) is 2.63. The van der Waals surface area contributed by atoms with Gasteiger partial charge in [-0.1, -0.05) is 34.6 Å². The predicted molar refractivity (Wildman–Crippen MR) is 79.5 cm³/mol. The lowest BCUT2D eigenvalue weighted by atomic mass is 9.87. The number of amides is 1. The van der Waals surface area contributed by atoms with Crippen LogP contribution in [0.25, 0.3) is 0 Å². The number of nitrogens with two attached hydrogens (primary N) is 1. The zero-order chi connectivity index (χ0) is 13.2. The molecule has 4 nitrogen and oxygen atoms in total. The van der Waals surface area contributed by atoms with Gasteiger partial charge in [-0.15, -0.1) is 23.7 Å². The van der Waals surface area contributed by atoms with Gasteiger partial charge in [0.1, 0.15) is 0 Å². The number of hydrogen-bond acceptors (Lipinski definition) is 4. The van der Waals surface area contributed by atoms with Gasteiger partial charge in [0.2, 0.25) is 5.91 Å². The van der Waals surface area contributed by atoms with Gasteiger partial charge in [-0.2, -0.15) is 0 Å². The molecule has 0 aliphatic carbocycles. The molecular weight excluding hydrogens is 270 g/mol. The van der Waals surface area contributed by atoms with Gasteiger partial charge in [0.25, 0.3) is 0 Å². The van der Waals surface area contributed by atoms with E-state index in [-0.39, 0.29) is 23.7 Å². The van der Waals surface area contributed by atoms with Gasteiger partial charge in [-0.3, -0.25) is 4.79 Å². The van der Waals surface area contributed by atoms with Crippen LogP contribution in [0.3, 0.4) is 0 Å². The van der Waals surface area contributed by atoms with Gasteiger partial charge in [-0.25, -0.2) is 4.98 Å². The Kier molecular flexibility index (Phi) is 6.26. The molecule has 0 saturated heterocycles. The molecular formula is C12H22ClN3OS. The molecule has 1 heterocycles. The van der Waals surface area contributed by atoms with Gasteiger partial charge in [0.05, 0.1) is 11.7 Å². The maximum atomic E-state index is 11.9. The Morgan fingerprint density at radius 3 is 2.39 bits per heavy atom. The van der Waals surface area contributed by atoms with Crippen LogP contribution in [-0.2, 0) is 4.79 Å². The molecule has 0 unspecified atom stereocenters. The summed E-state index contributed by atoms with van der Waals surface area (Å²) in [6.45, 7) is 9.97. The molecule has 104 valence electrons. The fourth-order valence-electron chi connectivity index (χ4n) is 1.19. The normalized spacial score (nSPS) is 13.1. The van der Waals surface area contributed by atoms with Crippen LogP contribution in [0.2, 0.25) is 0 Å². The highest BCUT2D eigenvalue weighted by Gasteiger charge is 2.27. The second-order valence-electron chi connectivity index (χ2n) is 5.57. The highest BCUT2D eigenvalue weighted by atomic mass is 35.5. The van der Waals surface area contributed by atoms with Crippen molar-refractivity contribution in [2.24, 2.45) is 11.1 Å². The molecule has 0 saturated carbocycles. The van der Waals surface area contributed by atoms with E-state index in [2.05, 4.69) is 24.1 Å². The Morgan fingerprint density at radius 2 is 2.00 bits per heavy atom. The van der Waals surface area contributed by atoms with Gasteiger partial charge < -0.3 is 11.1 Å². The van der Waals surface area contributed by atoms with E-state index in [0.717, 1.165) is 5.69 Å². The monoisotopic (exact) mass is 291 g/mol. The van der Waals surface area contributed by atoms with Gasteiger partial charge in [0.15, 0.2) is 5.13 Å². The molecule has 0 radical (unpaired) electrons. The van der Waals surface area contributed by atoms with Gasteiger partial charge in [-0.05, 0) is 11.3 Å². The van der Waals surface area contributed by atoms with Crippen LogP contribution >= 0.6 is 23.7 Å². The second-order valence-corrected chi connectivity index (χ2v) is 6.42. The predicted octanol–water partition coefficient (Wildman–Crippen LogP) is 3.00. The lowest BCUT2D eigenvalue weighted by Gasteiger charge is -2.25. The van der Waals surface area contributed by atoms with Crippen molar-refractivity contribution in [1.29, 1.82) is 0 Å². The summed E-state index contributed by atoms with van der Waals surface area (Å²) in [5.74, 6) is 0.190. The standard InChI is InChI=1S/C12H21N3OS.ClH/c1-7(2)8-6-17-11(14-8)15-10(16)9(13)12(3,4)5;/h6-7,9H,13H2,1-5H3,(H,14,15,16);1H/t9-;/m1./s1. The van der Waals surface area contributed by atoms with Crippen LogP contribution in [0.1, 0.15) is 46.2 Å². The lowest BCUT2D eigenvalue weighted by Crippen LogP contribution is -2.45. The minimum Gasteiger partial charge on any atom is -0.319 e. The summed E-state index contributed by atoms with van der Waals surface area (Å²) in [6.07, 6.45) is 0. The molecule has 1 rings (SSSR count). The lowest BCUT2D eigenvalue weighted by molar-refractivity contribution is -0.119. The summed E-state index contributed by atoms with van der Waals surface area (Å²) in [5, 5.41) is 5.35. The number of rotatable bonds is 3. The number of carbonyl (C=O) groups excluding carboxylic acids is 1. The fourth-order valence-corrected chi connectivity index (χ4v) is 2.06. The Morgan fingerprint density at radius 1 is 1.44 bits per heavy atom. The minimum absolute atomic E-state index is 0. The van der Waals surface area contributed by atoms with Crippen LogP contribution in [0.5, 0.6) is 0 Å². The Labute approximate surface area is 119 Å². The smallest absolute Gasteiger partial charge is 0.243 e. The number of thiazole rings is 1. The van der Waals surface area contributed by atoms with E-state index in [0.29, 0.717) is 11.0 Å². The first-order valence-electron chi connectivity index (χ1n) is 5.73. The van der Waals surface area contributed by atoms with E-state index in [4.69, 9.17) is 5.73 Å². The first kappa shape index (κ1) is 17.4. The molecule has 1 atom stereocenters. The second kappa shape index (κ2) is 6.50. The van der Waals surface area contributed by atoms with Crippen LogP contribution in [0.4, 0.5) is 5.13 Å². The van der Waals surface area contributed by atoms with Gasteiger partial charge >= 0.3 is 0 Å². The van der Waals surface area contributed by atoms with E-state index in [9.17, 15) is 4.79 Å². The first-order valence-corrected chi connectivity index (χ1v) is 6.61. The molecule has 1 amide bonds. The van der Waals surface area contributed by atoms with Crippen molar-refractivity contribution in [1.82, 2.24) is 4.98 Å². The van der Waals surface area contributed by atoms with Crippen molar-refractivity contribution in [3.8, 4) is 0 Å². The summed E-state index contributed by atoms with van der Waals surface area (Å²) in [4.78, 5) is 16.2. The molecule has 1 aromatic rings. The van der Waals surface area contributed by atoms with Crippen molar-refractivity contribution < 1.29 is 4.79 Å². The van der Waals surface area contributed by atoms with Crippen molar-refractivity contribution in [3.63, 3.8) is 0 Å². The number of nitrogens with one attached hydrogen (secondary N) is 1. The van der Waals surface area contributed by atoms with Crippen molar-refractivity contribution in [2.45, 2.75) is 46.6 Å². The van der Waals surface area contributed by atoms with Crippen LogP contribution in [0.15, 0.2) is 5.38 Å². The van der Waals surface area contributed by atoms with E-state index in [1.54, 1.807) is 0 Å². The number of nitrogens with zero attached hydrogens (tertiary/aromatic N) is 1. The molecule has 18 heavy (non-hydrogen) atoms. The fraction of sp³-hybridized carbons (Fsp3) is 0.667. The van der Waals surface area contributed by atoms with E-state index >= 15 is 0 Å². The van der Waals surface area contributed by atoms with Crippen LogP contribution < -0.4 is 11.1 Å². The molecule has 0 aliphatic heterocycles. The Hall–Kier alpha value is -0.650. The maximum Gasteiger partial charge on any atom is 0.243 e. The highest BCUT2D eigenvalue weighted by molar-refractivity contribution is 7.13. The third-order valence-electron chi connectivity index (χ3n) is 2.56. The molecule has 0 bridgehead atoms. The summed E-state index contributed by atoms with van der Waals surface area (Å²) < 4.78 is 0. The molecule has 0 fully saturated rings.